The Morgan fingerprint density at radius 2 is 1.94 bits per heavy atom. The summed E-state index contributed by atoms with van der Waals surface area (Å²) in [4.78, 5) is 32.9. The lowest BCUT2D eigenvalue weighted by molar-refractivity contribution is -0.119. The van der Waals surface area contributed by atoms with Crippen molar-refractivity contribution in [3.63, 3.8) is 0 Å². The maximum atomic E-state index is 13.2. The van der Waals surface area contributed by atoms with Gasteiger partial charge in [-0.2, -0.15) is 0 Å². The first-order valence-electron chi connectivity index (χ1n) is 11.4. The number of anilines is 2. The first-order chi connectivity index (χ1) is 15.4. The Balaban J connectivity index is 1.49. The number of imidazole rings is 1. The van der Waals surface area contributed by atoms with Gasteiger partial charge < -0.3 is 19.9 Å². The molecule has 7 nitrogen and oxygen atoms in total. The van der Waals surface area contributed by atoms with Crippen LogP contribution >= 0.6 is 0 Å². The number of nitrogens with zero attached hydrogens (tertiary/aromatic N) is 3. The van der Waals surface area contributed by atoms with E-state index in [4.69, 9.17) is 0 Å². The minimum absolute atomic E-state index is 0.0278. The van der Waals surface area contributed by atoms with Gasteiger partial charge in [-0.15, -0.1) is 0 Å². The molecule has 0 saturated carbocycles. The number of aromatic nitrogens is 2. The lowest BCUT2D eigenvalue weighted by Crippen LogP contribution is -2.47. The highest BCUT2D eigenvalue weighted by Crippen LogP contribution is 2.24. The number of amides is 2. The molecule has 3 aromatic rings. The van der Waals surface area contributed by atoms with Gasteiger partial charge in [0.25, 0.3) is 5.91 Å². The number of carbonyl (C=O) groups excluding carboxylic acids is 2. The molecule has 7 heteroatoms. The van der Waals surface area contributed by atoms with Crippen LogP contribution in [0.25, 0.3) is 5.65 Å². The van der Waals surface area contributed by atoms with Crippen LogP contribution in [0.4, 0.5) is 11.4 Å². The number of pyridine rings is 1. The molecule has 168 valence electrons. The third kappa shape index (κ3) is 4.77. The van der Waals surface area contributed by atoms with Crippen molar-refractivity contribution in [2.45, 2.75) is 46.1 Å². The Labute approximate surface area is 188 Å². The summed E-state index contributed by atoms with van der Waals surface area (Å²) in [5.74, 6) is -0.594. The second kappa shape index (κ2) is 9.42. The van der Waals surface area contributed by atoms with E-state index in [1.54, 1.807) is 6.20 Å². The third-order valence-electron chi connectivity index (χ3n) is 6.22. The van der Waals surface area contributed by atoms with Crippen molar-refractivity contribution < 1.29 is 9.59 Å². The molecule has 0 bridgehead atoms. The van der Waals surface area contributed by atoms with Crippen molar-refractivity contribution in [3.8, 4) is 0 Å². The van der Waals surface area contributed by atoms with E-state index in [1.807, 2.05) is 61.7 Å². The average Bonchev–Trinajstić information content (AvgIpc) is 3.46. The lowest BCUT2D eigenvalue weighted by atomic mass is 9.98. The van der Waals surface area contributed by atoms with Gasteiger partial charge in [-0.05, 0) is 61.6 Å². The van der Waals surface area contributed by atoms with Crippen molar-refractivity contribution in [1.82, 2.24) is 14.7 Å². The van der Waals surface area contributed by atoms with E-state index in [-0.39, 0.29) is 17.7 Å². The van der Waals surface area contributed by atoms with E-state index in [2.05, 4.69) is 26.6 Å². The normalized spacial score (nSPS) is 15.5. The molecule has 4 rings (SSSR count). The fourth-order valence-electron chi connectivity index (χ4n) is 4.09. The highest BCUT2D eigenvalue weighted by molar-refractivity contribution is 6.01. The van der Waals surface area contributed by atoms with E-state index < -0.39 is 6.04 Å². The SMILES string of the molecule is CC[C@@H](C)[C@H](NC(=O)c1cn2ccc(C)cc2n1)C(=O)Nc1cccc(N2CCCC2)c1. The number of hydrogen-bond donors (Lipinski definition) is 2. The number of benzene rings is 1. The zero-order valence-corrected chi connectivity index (χ0v) is 19.0. The molecule has 1 saturated heterocycles. The van der Waals surface area contributed by atoms with Crippen LogP contribution in [-0.4, -0.2) is 40.3 Å². The van der Waals surface area contributed by atoms with Crippen LogP contribution in [0.3, 0.4) is 0 Å². The van der Waals surface area contributed by atoms with Crippen LogP contribution in [-0.2, 0) is 4.79 Å². The first-order valence-corrected chi connectivity index (χ1v) is 11.4. The molecule has 1 aliphatic heterocycles. The van der Waals surface area contributed by atoms with Crippen LogP contribution in [0.1, 0.15) is 49.2 Å². The van der Waals surface area contributed by atoms with E-state index in [1.165, 1.54) is 12.8 Å². The van der Waals surface area contributed by atoms with Crippen molar-refractivity contribution in [1.29, 1.82) is 0 Å². The molecule has 2 aromatic heterocycles. The number of carbonyl (C=O) groups is 2. The standard InChI is InChI=1S/C25H31N5O2/c1-4-18(3)23(28-24(31)21-16-30-13-10-17(2)14-22(30)27-21)25(32)26-19-8-7-9-20(15-19)29-11-5-6-12-29/h7-10,13-16,18,23H,4-6,11-12H2,1-3H3,(H,26,32)(H,28,31)/t18-,23+/m1/s1. The number of nitrogens with one attached hydrogen (secondary N) is 2. The molecule has 2 atom stereocenters. The summed E-state index contributed by atoms with van der Waals surface area (Å²) in [5, 5.41) is 5.92. The number of rotatable bonds is 7. The van der Waals surface area contributed by atoms with Gasteiger partial charge in [0, 0.05) is 36.9 Å². The lowest BCUT2D eigenvalue weighted by Gasteiger charge is -2.24. The van der Waals surface area contributed by atoms with Crippen LogP contribution in [0.5, 0.6) is 0 Å². The molecule has 0 unspecified atom stereocenters. The van der Waals surface area contributed by atoms with Crippen LogP contribution < -0.4 is 15.5 Å². The Morgan fingerprint density at radius 1 is 1.16 bits per heavy atom. The molecule has 0 aliphatic carbocycles. The average molecular weight is 434 g/mol. The van der Waals surface area contributed by atoms with Crippen molar-refractivity contribution in [3.05, 3.63) is 60.0 Å². The van der Waals surface area contributed by atoms with Gasteiger partial charge in [0.2, 0.25) is 5.91 Å². The minimum atomic E-state index is -0.658. The minimum Gasteiger partial charge on any atom is -0.371 e. The fourth-order valence-corrected chi connectivity index (χ4v) is 4.09. The highest BCUT2D eigenvalue weighted by atomic mass is 16.2. The van der Waals surface area contributed by atoms with Crippen molar-refractivity contribution >= 4 is 28.8 Å². The Kier molecular flexibility index (Phi) is 6.44. The van der Waals surface area contributed by atoms with Gasteiger partial charge in [0.05, 0.1) is 0 Å². The zero-order valence-electron chi connectivity index (χ0n) is 19.0. The molecule has 1 aromatic carbocycles. The molecular formula is C25H31N5O2. The topological polar surface area (TPSA) is 78.7 Å². The van der Waals surface area contributed by atoms with Crippen LogP contribution in [0.2, 0.25) is 0 Å². The molecule has 1 aliphatic rings. The zero-order chi connectivity index (χ0) is 22.7. The molecule has 3 heterocycles. The van der Waals surface area contributed by atoms with Crippen LogP contribution in [0, 0.1) is 12.8 Å². The van der Waals surface area contributed by atoms with Gasteiger partial charge in [0.1, 0.15) is 17.4 Å². The molecule has 1 fully saturated rings. The number of fused-ring (bicyclic) bond motifs is 1. The monoisotopic (exact) mass is 433 g/mol. The maximum absolute atomic E-state index is 13.2. The first kappa shape index (κ1) is 21.9. The van der Waals surface area contributed by atoms with E-state index in [0.717, 1.165) is 36.4 Å². The summed E-state index contributed by atoms with van der Waals surface area (Å²) in [6.45, 7) is 8.05. The van der Waals surface area contributed by atoms with Crippen molar-refractivity contribution in [2.24, 2.45) is 5.92 Å². The van der Waals surface area contributed by atoms with Gasteiger partial charge in [-0.1, -0.05) is 26.3 Å². The van der Waals surface area contributed by atoms with Gasteiger partial charge in [-0.3, -0.25) is 9.59 Å². The second-order valence-electron chi connectivity index (χ2n) is 8.67. The maximum Gasteiger partial charge on any atom is 0.272 e. The summed E-state index contributed by atoms with van der Waals surface area (Å²) in [5.41, 5.74) is 3.93. The van der Waals surface area contributed by atoms with Gasteiger partial charge in [0.15, 0.2) is 0 Å². The van der Waals surface area contributed by atoms with E-state index in [0.29, 0.717) is 11.3 Å². The summed E-state index contributed by atoms with van der Waals surface area (Å²) >= 11 is 0. The molecule has 0 spiro atoms. The van der Waals surface area contributed by atoms with Crippen molar-refractivity contribution in [2.75, 3.05) is 23.3 Å². The Morgan fingerprint density at radius 3 is 2.69 bits per heavy atom. The molecular weight excluding hydrogens is 402 g/mol. The number of hydrogen-bond acceptors (Lipinski definition) is 4. The summed E-state index contributed by atoms with van der Waals surface area (Å²) < 4.78 is 1.81. The summed E-state index contributed by atoms with van der Waals surface area (Å²) in [6, 6.07) is 11.1. The van der Waals surface area contributed by atoms with Crippen LogP contribution in [0.15, 0.2) is 48.8 Å². The number of aryl methyl sites for hydroxylation is 1. The predicted octanol–water partition coefficient (Wildman–Crippen LogP) is 4.03. The highest BCUT2D eigenvalue weighted by Gasteiger charge is 2.27. The smallest absolute Gasteiger partial charge is 0.272 e. The Hall–Kier alpha value is -3.35. The molecule has 32 heavy (non-hydrogen) atoms. The van der Waals surface area contributed by atoms with Gasteiger partial charge >= 0.3 is 0 Å². The largest absolute Gasteiger partial charge is 0.371 e. The Bertz CT molecular complexity index is 1120. The fraction of sp³-hybridized carbons (Fsp3) is 0.400. The van der Waals surface area contributed by atoms with E-state index >= 15 is 0 Å². The molecule has 2 amide bonds. The quantitative estimate of drug-likeness (QED) is 0.590. The summed E-state index contributed by atoms with van der Waals surface area (Å²) in [7, 11) is 0. The molecule has 2 N–H and O–H groups in total. The van der Waals surface area contributed by atoms with Gasteiger partial charge in [-0.25, -0.2) is 4.98 Å². The third-order valence-corrected chi connectivity index (χ3v) is 6.22. The summed E-state index contributed by atoms with van der Waals surface area (Å²) in [6.07, 6.45) is 6.72. The van der Waals surface area contributed by atoms with E-state index in [9.17, 15) is 9.59 Å². The second-order valence-corrected chi connectivity index (χ2v) is 8.67. The molecule has 0 radical (unpaired) electrons. The predicted molar refractivity (Wildman–Crippen MR) is 127 cm³/mol.